The Balaban J connectivity index is 0.00000240. The van der Waals surface area contributed by atoms with Crippen LogP contribution in [0.5, 0.6) is 0 Å². The van der Waals surface area contributed by atoms with Crippen molar-refractivity contribution in [2.75, 3.05) is 7.05 Å². The first kappa shape index (κ1) is 20.8. The highest BCUT2D eigenvalue weighted by Crippen LogP contribution is 2.24. The number of hydrogen-bond donors (Lipinski definition) is 2. The lowest BCUT2D eigenvalue weighted by Crippen LogP contribution is -2.36. The second-order valence-electron chi connectivity index (χ2n) is 6.40. The van der Waals surface area contributed by atoms with Crippen molar-refractivity contribution in [2.24, 2.45) is 4.99 Å². The number of guanidine groups is 1. The van der Waals surface area contributed by atoms with Crippen LogP contribution in [0.15, 0.2) is 70.5 Å². The van der Waals surface area contributed by atoms with Gasteiger partial charge in [-0.3, -0.25) is 4.99 Å². The third-order valence-electron chi connectivity index (χ3n) is 4.59. The quantitative estimate of drug-likeness (QED) is 0.247. The van der Waals surface area contributed by atoms with E-state index in [2.05, 4.69) is 38.7 Å². The van der Waals surface area contributed by atoms with Gasteiger partial charge in [-0.15, -0.1) is 24.0 Å². The second-order valence-corrected chi connectivity index (χ2v) is 6.40. The highest BCUT2D eigenvalue weighted by molar-refractivity contribution is 14.0. The number of para-hydroxylation sites is 1. The fraction of sp³-hybridized carbons (Fsp3) is 0.190. The van der Waals surface area contributed by atoms with Crippen molar-refractivity contribution in [2.45, 2.75) is 20.0 Å². The molecule has 0 aliphatic heterocycles. The molecule has 8 heteroatoms. The van der Waals surface area contributed by atoms with E-state index in [1.54, 1.807) is 24.1 Å². The van der Waals surface area contributed by atoms with Gasteiger partial charge in [-0.05, 0) is 36.8 Å². The summed E-state index contributed by atoms with van der Waals surface area (Å²) in [6.45, 7) is 3.26. The van der Waals surface area contributed by atoms with Gasteiger partial charge in [0.05, 0.1) is 6.54 Å². The number of aliphatic imine (C=N–C) groups is 1. The molecule has 0 spiro atoms. The molecule has 0 radical (unpaired) electrons. The first-order valence-electron chi connectivity index (χ1n) is 9.11. The minimum absolute atomic E-state index is 0. The lowest BCUT2D eigenvalue weighted by Gasteiger charge is -2.12. The zero-order chi connectivity index (χ0) is 19.3. The molecule has 3 heterocycles. The number of halogens is 1. The van der Waals surface area contributed by atoms with Crippen molar-refractivity contribution >= 4 is 40.9 Å². The third kappa shape index (κ3) is 4.76. The van der Waals surface area contributed by atoms with E-state index in [-0.39, 0.29) is 24.0 Å². The molecular formula is C21H23IN6O. The Hall–Kier alpha value is -2.88. The first-order valence-corrected chi connectivity index (χ1v) is 9.11. The molecule has 0 aliphatic carbocycles. The van der Waals surface area contributed by atoms with Crippen LogP contribution in [-0.2, 0) is 13.1 Å². The van der Waals surface area contributed by atoms with Crippen molar-refractivity contribution in [1.82, 2.24) is 25.4 Å². The molecule has 0 amide bonds. The van der Waals surface area contributed by atoms with Gasteiger partial charge in [-0.25, -0.2) is 9.67 Å². The van der Waals surface area contributed by atoms with E-state index in [1.807, 2.05) is 42.6 Å². The van der Waals surface area contributed by atoms with Crippen LogP contribution in [0.4, 0.5) is 0 Å². The van der Waals surface area contributed by atoms with Gasteiger partial charge in [0.15, 0.2) is 11.8 Å². The Labute approximate surface area is 186 Å². The highest BCUT2D eigenvalue weighted by atomic mass is 127. The molecule has 29 heavy (non-hydrogen) atoms. The number of furan rings is 1. The summed E-state index contributed by atoms with van der Waals surface area (Å²) in [5.74, 6) is 2.40. The number of rotatable bonds is 5. The Kier molecular flexibility index (Phi) is 6.86. The molecule has 0 aliphatic rings. The Bertz CT molecular complexity index is 1100. The number of benzene rings is 1. The van der Waals surface area contributed by atoms with Crippen LogP contribution in [-0.4, -0.2) is 27.8 Å². The number of nitrogens with one attached hydrogen (secondary N) is 2. The second kappa shape index (κ2) is 9.55. The molecule has 7 nitrogen and oxygen atoms in total. The molecule has 0 saturated heterocycles. The number of aryl methyl sites for hydroxylation is 1. The predicted molar refractivity (Wildman–Crippen MR) is 125 cm³/mol. The maximum absolute atomic E-state index is 5.95. The van der Waals surface area contributed by atoms with E-state index in [9.17, 15) is 0 Å². The van der Waals surface area contributed by atoms with Gasteiger partial charge in [-0.2, -0.15) is 5.10 Å². The fourth-order valence-electron chi connectivity index (χ4n) is 3.06. The van der Waals surface area contributed by atoms with Gasteiger partial charge >= 0.3 is 0 Å². The molecule has 2 N–H and O–H groups in total. The average molecular weight is 502 g/mol. The maximum Gasteiger partial charge on any atom is 0.191 e. The van der Waals surface area contributed by atoms with E-state index in [0.29, 0.717) is 19.0 Å². The number of nitrogens with zero attached hydrogens (tertiary/aromatic N) is 4. The summed E-state index contributed by atoms with van der Waals surface area (Å²) in [4.78, 5) is 8.64. The lowest BCUT2D eigenvalue weighted by atomic mass is 10.1. The van der Waals surface area contributed by atoms with Crippen molar-refractivity contribution in [3.8, 4) is 5.82 Å². The maximum atomic E-state index is 5.95. The van der Waals surface area contributed by atoms with Crippen molar-refractivity contribution in [1.29, 1.82) is 0 Å². The third-order valence-corrected chi connectivity index (χ3v) is 4.59. The highest BCUT2D eigenvalue weighted by Gasteiger charge is 2.10. The smallest absolute Gasteiger partial charge is 0.191 e. The van der Waals surface area contributed by atoms with Crippen LogP contribution in [0.25, 0.3) is 16.8 Å². The number of aromatic nitrogens is 3. The Morgan fingerprint density at radius 2 is 1.93 bits per heavy atom. The largest absolute Gasteiger partial charge is 0.459 e. The number of fused-ring (bicyclic) bond motifs is 1. The molecule has 4 rings (SSSR count). The van der Waals surface area contributed by atoms with E-state index < -0.39 is 0 Å². The normalized spacial score (nSPS) is 11.3. The van der Waals surface area contributed by atoms with Crippen LogP contribution in [0.3, 0.4) is 0 Å². The molecule has 0 fully saturated rings. The molecular weight excluding hydrogens is 479 g/mol. The summed E-state index contributed by atoms with van der Waals surface area (Å²) in [7, 11) is 1.75. The molecule has 0 unspecified atom stereocenters. The van der Waals surface area contributed by atoms with Crippen LogP contribution in [0.2, 0.25) is 0 Å². The van der Waals surface area contributed by atoms with Crippen molar-refractivity contribution in [3.05, 3.63) is 77.9 Å². The minimum Gasteiger partial charge on any atom is -0.459 e. The summed E-state index contributed by atoms with van der Waals surface area (Å²) >= 11 is 0. The van der Waals surface area contributed by atoms with Gasteiger partial charge < -0.3 is 15.1 Å². The van der Waals surface area contributed by atoms with Crippen LogP contribution >= 0.6 is 24.0 Å². The van der Waals surface area contributed by atoms with Gasteiger partial charge in [0.1, 0.15) is 11.3 Å². The van der Waals surface area contributed by atoms with Crippen LogP contribution < -0.4 is 10.6 Å². The average Bonchev–Trinajstić information content (AvgIpc) is 3.37. The Morgan fingerprint density at radius 3 is 2.69 bits per heavy atom. The topological polar surface area (TPSA) is 80.3 Å². The monoisotopic (exact) mass is 502 g/mol. The summed E-state index contributed by atoms with van der Waals surface area (Å²) in [5.41, 5.74) is 3.14. The van der Waals surface area contributed by atoms with E-state index in [0.717, 1.165) is 33.7 Å². The summed E-state index contributed by atoms with van der Waals surface area (Å²) in [6.07, 6.45) is 5.39. The number of pyridine rings is 1. The van der Waals surface area contributed by atoms with Gasteiger partial charge in [0.2, 0.25) is 0 Å². The zero-order valence-corrected chi connectivity index (χ0v) is 18.6. The molecule has 0 atom stereocenters. The van der Waals surface area contributed by atoms with Crippen LogP contribution in [0.1, 0.15) is 16.9 Å². The first-order chi connectivity index (χ1) is 13.7. The zero-order valence-electron chi connectivity index (χ0n) is 16.3. The fourth-order valence-corrected chi connectivity index (χ4v) is 3.06. The SMILES string of the molecule is CN=C(NCc1ccnc(-n2cccn2)c1)NCc1oc2ccccc2c1C.I. The summed E-state index contributed by atoms with van der Waals surface area (Å²) in [6, 6.07) is 13.9. The van der Waals surface area contributed by atoms with E-state index in [1.165, 1.54) is 0 Å². The number of hydrogen-bond acceptors (Lipinski definition) is 4. The van der Waals surface area contributed by atoms with Crippen LogP contribution in [0, 0.1) is 6.92 Å². The van der Waals surface area contributed by atoms with Gasteiger partial charge in [-0.1, -0.05) is 18.2 Å². The predicted octanol–water partition coefficient (Wildman–Crippen LogP) is 3.81. The van der Waals surface area contributed by atoms with Gasteiger partial charge in [0, 0.05) is 43.1 Å². The van der Waals surface area contributed by atoms with E-state index in [4.69, 9.17) is 4.42 Å². The minimum atomic E-state index is 0. The molecule has 3 aromatic heterocycles. The van der Waals surface area contributed by atoms with E-state index >= 15 is 0 Å². The van der Waals surface area contributed by atoms with Crippen molar-refractivity contribution < 1.29 is 4.42 Å². The molecule has 0 bridgehead atoms. The standard InChI is InChI=1S/C21H22N6O.HI/c1-15-17-6-3-4-7-18(17)28-19(15)14-25-21(22-2)24-13-16-8-10-23-20(12-16)27-11-5-9-26-27;/h3-12H,13-14H2,1-2H3,(H2,22,24,25);1H. The molecule has 1 aromatic carbocycles. The lowest BCUT2D eigenvalue weighted by molar-refractivity contribution is 0.534. The molecule has 150 valence electrons. The molecule has 0 saturated carbocycles. The molecule has 4 aromatic rings. The van der Waals surface area contributed by atoms with Gasteiger partial charge in [0.25, 0.3) is 0 Å². The van der Waals surface area contributed by atoms with Crippen molar-refractivity contribution in [3.63, 3.8) is 0 Å². The summed E-state index contributed by atoms with van der Waals surface area (Å²) < 4.78 is 7.69. The summed E-state index contributed by atoms with van der Waals surface area (Å²) in [5, 5.41) is 12.0. The Morgan fingerprint density at radius 1 is 1.10 bits per heavy atom.